The zero-order valence-electron chi connectivity index (χ0n) is 15.9. The fraction of sp³-hybridized carbons (Fsp3) is 0.0833. The molecule has 5 aromatic rings. The minimum Gasteiger partial charge on any atom is -0.330 e. The molecule has 0 aliphatic heterocycles. The number of hydrogen-bond donors (Lipinski definition) is 0. The SMILES string of the molecule is O=c1c2c(ncn1Cc1ccccc1)c1cc(F)ccc1n2Cc1ccc(F)cc1. The van der Waals surface area contributed by atoms with Crippen molar-refractivity contribution in [3.8, 4) is 0 Å². The Labute approximate surface area is 170 Å². The van der Waals surface area contributed by atoms with Gasteiger partial charge in [-0.3, -0.25) is 9.36 Å². The van der Waals surface area contributed by atoms with E-state index in [1.54, 1.807) is 22.8 Å². The predicted molar refractivity (Wildman–Crippen MR) is 113 cm³/mol. The Bertz CT molecular complexity index is 1420. The van der Waals surface area contributed by atoms with E-state index in [-0.39, 0.29) is 11.4 Å². The second-order valence-corrected chi connectivity index (χ2v) is 7.23. The Morgan fingerprint density at radius 2 is 1.50 bits per heavy atom. The van der Waals surface area contributed by atoms with Crippen LogP contribution in [0.15, 0.2) is 83.9 Å². The molecule has 5 rings (SSSR count). The molecule has 3 aromatic carbocycles. The molecule has 0 saturated heterocycles. The van der Waals surface area contributed by atoms with Crippen molar-refractivity contribution in [2.24, 2.45) is 0 Å². The zero-order chi connectivity index (χ0) is 20.7. The molecule has 0 saturated carbocycles. The molecule has 0 fully saturated rings. The van der Waals surface area contributed by atoms with Crippen LogP contribution in [-0.2, 0) is 13.1 Å². The van der Waals surface area contributed by atoms with E-state index in [0.717, 1.165) is 11.1 Å². The molecule has 30 heavy (non-hydrogen) atoms. The highest BCUT2D eigenvalue weighted by Crippen LogP contribution is 2.27. The normalized spacial score (nSPS) is 11.4. The summed E-state index contributed by atoms with van der Waals surface area (Å²) in [5.74, 6) is -0.714. The summed E-state index contributed by atoms with van der Waals surface area (Å²) >= 11 is 0. The van der Waals surface area contributed by atoms with E-state index in [9.17, 15) is 13.6 Å². The van der Waals surface area contributed by atoms with Crippen LogP contribution in [0.25, 0.3) is 21.9 Å². The third kappa shape index (κ3) is 3.16. The van der Waals surface area contributed by atoms with Crippen LogP contribution in [0.2, 0.25) is 0 Å². The molecule has 0 unspecified atom stereocenters. The van der Waals surface area contributed by atoms with E-state index in [0.29, 0.717) is 35.0 Å². The van der Waals surface area contributed by atoms with Gasteiger partial charge in [-0.15, -0.1) is 0 Å². The van der Waals surface area contributed by atoms with E-state index in [1.165, 1.54) is 30.6 Å². The summed E-state index contributed by atoms with van der Waals surface area (Å²) in [7, 11) is 0. The van der Waals surface area contributed by atoms with E-state index >= 15 is 0 Å². The van der Waals surface area contributed by atoms with Crippen LogP contribution in [0.5, 0.6) is 0 Å². The molecule has 6 heteroatoms. The fourth-order valence-corrected chi connectivity index (χ4v) is 3.80. The van der Waals surface area contributed by atoms with Gasteiger partial charge in [0.1, 0.15) is 22.7 Å². The molecular formula is C24H17F2N3O. The molecule has 4 nitrogen and oxygen atoms in total. The minimum absolute atomic E-state index is 0.206. The van der Waals surface area contributed by atoms with Gasteiger partial charge in [0.15, 0.2) is 0 Å². The van der Waals surface area contributed by atoms with Crippen LogP contribution in [-0.4, -0.2) is 14.1 Å². The number of hydrogen-bond acceptors (Lipinski definition) is 2. The number of nitrogens with zero attached hydrogens (tertiary/aromatic N) is 3. The topological polar surface area (TPSA) is 39.8 Å². The molecular weight excluding hydrogens is 384 g/mol. The van der Waals surface area contributed by atoms with Crippen LogP contribution >= 0.6 is 0 Å². The van der Waals surface area contributed by atoms with Gasteiger partial charge in [-0.05, 0) is 41.5 Å². The van der Waals surface area contributed by atoms with Gasteiger partial charge >= 0.3 is 0 Å². The molecule has 0 bridgehead atoms. The highest BCUT2D eigenvalue weighted by molar-refractivity contribution is 6.05. The van der Waals surface area contributed by atoms with Crippen LogP contribution in [0.1, 0.15) is 11.1 Å². The van der Waals surface area contributed by atoms with Gasteiger partial charge in [0, 0.05) is 11.9 Å². The summed E-state index contributed by atoms with van der Waals surface area (Å²) in [5, 5.41) is 0.580. The Hall–Kier alpha value is -3.80. The molecule has 148 valence electrons. The molecule has 0 aliphatic rings. The standard InChI is InChI=1S/C24H17F2N3O/c25-18-8-6-17(7-9-18)14-29-21-11-10-19(26)12-20(21)22-23(29)24(30)28(15-27-22)13-16-4-2-1-3-5-16/h1-12,15H,13-14H2. The second-order valence-electron chi connectivity index (χ2n) is 7.23. The number of rotatable bonds is 4. The van der Waals surface area contributed by atoms with Crippen molar-refractivity contribution in [3.63, 3.8) is 0 Å². The summed E-state index contributed by atoms with van der Waals surface area (Å²) in [4.78, 5) is 17.9. The first kappa shape index (κ1) is 18.2. The summed E-state index contributed by atoms with van der Waals surface area (Å²) in [5.41, 5.74) is 3.17. The third-order valence-electron chi connectivity index (χ3n) is 5.24. The first-order chi connectivity index (χ1) is 14.6. The molecule has 0 atom stereocenters. The van der Waals surface area contributed by atoms with Crippen LogP contribution < -0.4 is 5.56 Å². The average molecular weight is 401 g/mol. The molecule has 0 radical (unpaired) electrons. The lowest BCUT2D eigenvalue weighted by molar-refractivity contribution is 0.626. The highest BCUT2D eigenvalue weighted by Gasteiger charge is 2.17. The van der Waals surface area contributed by atoms with Crippen molar-refractivity contribution in [1.82, 2.24) is 14.1 Å². The van der Waals surface area contributed by atoms with Crippen molar-refractivity contribution >= 4 is 21.9 Å². The summed E-state index contributed by atoms with van der Waals surface area (Å²) in [6.45, 7) is 0.729. The van der Waals surface area contributed by atoms with Crippen LogP contribution in [0.3, 0.4) is 0 Å². The lowest BCUT2D eigenvalue weighted by Crippen LogP contribution is -2.23. The maximum absolute atomic E-state index is 14.0. The molecule has 2 aromatic heterocycles. The number of benzene rings is 3. The third-order valence-corrected chi connectivity index (χ3v) is 5.24. The van der Waals surface area contributed by atoms with E-state index in [2.05, 4.69) is 4.98 Å². The maximum atomic E-state index is 14.0. The van der Waals surface area contributed by atoms with Crippen molar-refractivity contribution in [3.05, 3.63) is 112 Å². The number of aromatic nitrogens is 3. The highest BCUT2D eigenvalue weighted by atomic mass is 19.1. The van der Waals surface area contributed by atoms with Gasteiger partial charge in [0.25, 0.3) is 5.56 Å². The van der Waals surface area contributed by atoms with Crippen molar-refractivity contribution in [1.29, 1.82) is 0 Å². The Morgan fingerprint density at radius 3 is 2.27 bits per heavy atom. The molecule has 0 spiro atoms. The monoisotopic (exact) mass is 401 g/mol. The van der Waals surface area contributed by atoms with E-state index in [1.807, 2.05) is 34.9 Å². The Kier molecular flexibility index (Phi) is 4.39. The molecule has 0 N–H and O–H groups in total. The van der Waals surface area contributed by atoms with Crippen molar-refractivity contribution in [2.45, 2.75) is 13.1 Å². The van der Waals surface area contributed by atoms with Gasteiger partial charge in [0.2, 0.25) is 0 Å². The van der Waals surface area contributed by atoms with Crippen LogP contribution in [0, 0.1) is 11.6 Å². The summed E-state index contributed by atoms with van der Waals surface area (Å²) < 4.78 is 30.7. The van der Waals surface area contributed by atoms with Crippen molar-refractivity contribution < 1.29 is 8.78 Å². The van der Waals surface area contributed by atoms with Gasteiger partial charge in [-0.25, -0.2) is 13.8 Å². The first-order valence-corrected chi connectivity index (χ1v) is 9.55. The van der Waals surface area contributed by atoms with Crippen LogP contribution in [0.4, 0.5) is 8.78 Å². The first-order valence-electron chi connectivity index (χ1n) is 9.55. The Morgan fingerprint density at radius 1 is 0.800 bits per heavy atom. The van der Waals surface area contributed by atoms with Gasteiger partial charge in [0.05, 0.1) is 18.4 Å². The van der Waals surface area contributed by atoms with E-state index in [4.69, 9.17) is 0 Å². The number of halogens is 2. The van der Waals surface area contributed by atoms with E-state index < -0.39 is 5.82 Å². The largest absolute Gasteiger partial charge is 0.330 e. The molecule has 2 heterocycles. The fourth-order valence-electron chi connectivity index (χ4n) is 3.80. The minimum atomic E-state index is -0.390. The van der Waals surface area contributed by atoms with Gasteiger partial charge in [-0.1, -0.05) is 42.5 Å². The van der Waals surface area contributed by atoms with Gasteiger partial charge in [-0.2, -0.15) is 0 Å². The predicted octanol–water partition coefficient (Wildman–Crippen LogP) is 4.73. The smallest absolute Gasteiger partial charge is 0.278 e. The Balaban J connectivity index is 1.73. The lowest BCUT2D eigenvalue weighted by atomic mass is 10.2. The average Bonchev–Trinajstić information content (AvgIpc) is 3.06. The number of fused-ring (bicyclic) bond motifs is 3. The summed E-state index contributed by atoms with van der Waals surface area (Å²) in [6, 6.07) is 20.2. The quantitative estimate of drug-likeness (QED) is 0.437. The summed E-state index contributed by atoms with van der Waals surface area (Å²) in [6.07, 6.45) is 1.50. The second kappa shape index (κ2) is 7.22. The van der Waals surface area contributed by atoms with Gasteiger partial charge < -0.3 is 4.57 Å². The maximum Gasteiger partial charge on any atom is 0.278 e. The molecule has 0 amide bonds. The van der Waals surface area contributed by atoms with Crippen molar-refractivity contribution in [2.75, 3.05) is 0 Å². The lowest BCUT2D eigenvalue weighted by Gasteiger charge is -2.09. The zero-order valence-corrected chi connectivity index (χ0v) is 15.9. The molecule has 0 aliphatic carbocycles.